The van der Waals surface area contributed by atoms with E-state index in [2.05, 4.69) is 38.1 Å². The number of aliphatic hydroxyl groups is 2. The molecule has 0 unspecified atom stereocenters. The molecule has 0 saturated heterocycles. The van der Waals surface area contributed by atoms with Crippen LogP contribution in [0, 0.1) is 0 Å². The van der Waals surface area contributed by atoms with E-state index in [1.165, 1.54) is 11.1 Å². The van der Waals surface area contributed by atoms with Gasteiger partial charge in [-0.2, -0.15) is 0 Å². The lowest BCUT2D eigenvalue weighted by molar-refractivity contribution is 0.201. The zero-order valence-electron chi connectivity index (χ0n) is 16.5. The molecule has 27 heavy (non-hydrogen) atoms. The molecule has 0 aliphatic rings. The SMILES string of the molecule is CCCCC(CC)(c1ccc(OCCO)cc1)c1ccc(OCCO)cc1. The van der Waals surface area contributed by atoms with Gasteiger partial charge in [0.05, 0.1) is 13.2 Å². The first-order valence-corrected chi connectivity index (χ1v) is 9.88. The summed E-state index contributed by atoms with van der Waals surface area (Å²) in [6, 6.07) is 16.5. The van der Waals surface area contributed by atoms with Crippen LogP contribution in [0.3, 0.4) is 0 Å². The summed E-state index contributed by atoms with van der Waals surface area (Å²) in [5.74, 6) is 1.56. The van der Waals surface area contributed by atoms with Gasteiger partial charge in [0, 0.05) is 5.41 Å². The lowest BCUT2D eigenvalue weighted by Gasteiger charge is -2.35. The molecule has 0 aliphatic carbocycles. The Bertz CT molecular complexity index is 598. The molecule has 0 atom stereocenters. The van der Waals surface area contributed by atoms with Crippen LogP contribution in [0.15, 0.2) is 48.5 Å². The second-order valence-corrected chi connectivity index (χ2v) is 6.73. The van der Waals surface area contributed by atoms with Crippen LogP contribution in [-0.4, -0.2) is 36.6 Å². The largest absolute Gasteiger partial charge is 0.491 e. The van der Waals surface area contributed by atoms with Gasteiger partial charge in [0.15, 0.2) is 0 Å². The quantitative estimate of drug-likeness (QED) is 0.583. The lowest BCUT2D eigenvalue weighted by atomic mass is 9.69. The minimum Gasteiger partial charge on any atom is -0.491 e. The molecule has 0 aromatic heterocycles. The van der Waals surface area contributed by atoms with Crippen molar-refractivity contribution in [2.75, 3.05) is 26.4 Å². The van der Waals surface area contributed by atoms with E-state index in [9.17, 15) is 0 Å². The molecule has 0 fully saturated rings. The number of rotatable bonds is 12. The standard InChI is InChI=1S/C23H32O4/c1-3-5-14-23(4-2,19-6-10-21(11-7-19)26-17-15-24)20-8-12-22(13-9-20)27-18-16-25/h6-13,24-25H,3-5,14-18H2,1-2H3. The fraction of sp³-hybridized carbons (Fsp3) is 0.478. The molecule has 0 saturated carbocycles. The normalized spacial score (nSPS) is 11.4. The Morgan fingerprint density at radius 2 is 1.19 bits per heavy atom. The van der Waals surface area contributed by atoms with Crippen LogP contribution >= 0.6 is 0 Å². The fourth-order valence-corrected chi connectivity index (χ4v) is 3.59. The molecule has 2 N–H and O–H groups in total. The summed E-state index contributed by atoms with van der Waals surface area (Å²) in [5.41, 5.74) is 2.50. The summed E-state index contributed by atoms with van der Waals surface area (Å²) < 4.78 is 11.0. The summed E-state index contributed by atoms with van der Waals surface area (Å²) in [6.45, 7) is 5.11. The summed E-state index contributed by atoms with van der Waals surface area (Å²) in [7, 11) is 0. The number of hydrogen-bond donors (Lipinski definition) is 2. The first kappa shape index (κ1) is 21.3. The van der Waals surface area contributed by atoms with Crippen molar-refractivity contribution in [2.24, 2.45) is 0 Å². The number of ether oxygens (including phenoxy) is 2. The van der Waals surface area contributed by atoms with Crippen molar-refractivity contribution in [1.82, 2.24) is 0 Å². The van der Waals surface area contributed by atoms with Crippen LogP contribution in [0.5, 0.6) is 11.5 Å². The molecule has 0 bridgehead atoms. The van der Waals surface area contributed by atoms with E-state index in [0.29, 0.717) is 13.2 Å². The number of hydrogen-bond acceptors (Lipinski definition) is 4. The highest BCUT2D eigenvalue weighted by Crippen LogP contribution is 2.41. The molecule has 2 rings (SSSR count). The molecule has 4 heteroatoms. The minimum atomic E-state index is -0.0545. The Kier molecular flexibility index (Phi) is 8.62. The van der Waals surface area contributed by atoms with E-state index in [1.807, 2.05) is 24.3 Å². The topological polar surface area (TPSA) is 58.9 Å². The van der Waals surface area contributed by atoms with Gasteiger partial charge in [-0.25, -0.2) is 0 Å². The van der Waals surface area contributed by atoms with E-state index in [1.54, 1.807) is 0 Å². The van der Waals surface area contributed by atoms with Crippen molar-refractivity contribution in [3.63, 3.8) is 0 Å². The van der Waals surface area contributed by atoms with E-state index in [-0.39, 0.29) is 18.6 Å². The average molecular weight is 373 g/mol. The van der Waals surface area contributed by atoms with Gasteiger partial charge in [-0.15, -0.1) is 0 Å². The fourth-order valence-electron chi connectivity index (χ4n) is 3.59. The molecule has 2 aromatic carbocycles. The predicted octanol–water partition coefficient (Wildman–Crippen LogP) is 4.32. The Hall–Kier alpha value is -2.04. The Morgan fingerprint density at radius 3 is 1.52 bits per heavy atom. The Labute approximate surface area is 162 Å². The van der Waals surface area contributed by atoms with E-state index in [4.69, 9.17) is 19.7 Å². The van der Waals surface area contributed by atoms with Gasteiger partial charge in [-0.3, -0.25) is 0 Å². The highest BCUT2D eigenvalue weighted by atomic mass is 16.5. The van der Waals surface area contributed by atoms with Gasteiger partial charge < -0.3 is 19.7 Å². The molecule has 148 valence electrons. The molecular weight excluding hydrogens is 340 g/mol. The second-order valence-electron chi connectivity index (χ2n) is 6.73. The van der Waals surface area contributed by atoms with Crippen LogP contribution in [-0.2, 0) is 5.41 Å². The molecule has 0 aliphatic heterocycles. The van der Waals surface area contributed by atoms with Crippen molar-refractivity contribution in [3.8, 4) is 11.5 Å². The third-order valence-corrected chi connectivity index (χ3v) is 5.09. The van der Waals surface area contributed by atoms with Crippen LogP contribution < -0.4 is 9.47 Å². The highest BCUT2D eigenvalue weighted by Gasteiger charge is 2.32. The van der Waals surface area contributed by atoms with E-state index < -0.39 is 0 Å². The van der Waals surface area contributed by atoms with Crippen molar-refractivity contribution in [3.05, 3.63) is 59.7 Å². The molecule has 2 aromatic rings. The number of benzene rings is 2. The van der Waals surface area contributed by atoms with Gasteiger partial charge in [0.2, 0.25) is 0 Å². The van der Waals surface area contributed by atoms with Crippen molar-refractivity contribution in [2.45, 2.75) is 44.9 Å². The van der Waals surface area contributed by atoms with Gasteiger partial charge in [0.25, 0.3) is 0 Å². The van der Waals surface area contributed by atoms with Gasteiger partial charge in [-0.05, 0) is 48.2 Å². The maximum Gasteiger partial charge on any atom is 0.119 e. The highest BCUT2D eigenvalue weighted by molar-refractivity contribution is 5.43. The maximum absolute atomic E-state index is 8.92. The first-order valence-electron chi connectivity index (χ1n) is 9.88. The monoisotopic (exact) mass is 372 g/mol. The first-order chi connectivity index (χ1) is 13.2. The van der Waals surface area contributed by atoms with Crippen molar-refractivity contribution >= 4 is 0 Å². The summed E-state index contributed by atoms with van der Waals surface area (Å²) in [4.78, 5) is 0. The van der Waals surface area contributed by atoms with Gasteiger partial charge >= 0.3 is 0 Å². The van der Waals surface area contributed by atoms with Gasteiger partial charge in [-0.1, -0.05) is 51.0 Å². The zero-order chi connectivity index (χ0) is 19.5. The Balaban J connectivity index is 2.33. The molecule has 0 radical (unpaired) electrons. The third-order valence-electron chi connectivity index (χ3n) is 5.09. The van der Waals surface area contributed by atoms with Crippen LogP contribution in [0.25, 0.3) is 0 Å². The molecule has 0 amide bonds. The zero-order valence-corrected chi connectivity index (χ0v) is 16.5. The smallest absolute Gasteiger partial charge is 0.119 e. The van der Waals surface area contributed by atoms with E-state index >= 15 is 0 Å². The molecule has 4 nitrogen and oxygen atoms in total. The van der Waals surface area contributed by atoms with Gasteiger partial charge in [0.1, 0.15) is 24.7 Å². The maximum atomic E-state index is 8.92. The summed E-state index contributed by atoms with van der Waals surface area (Å²) >= 11 is 0. The minimum absolute atomic E-state index is 0.0157. The molecule has 0 spiro atoms. The van der Waals surface area contributed by atoms with Crippen molar-refractivity contribution in [1.29, 1.82) is 0 Å². The number of aliphatic hydroxyl groups excluding tert-OH is 2. The molecule has 0 heterocycles. The van der Waals surface area contributed by atoms with E-state index in [0.717, 1.165) is 37.2 Å². The van der Waals surface area contributed by atoms with Crippen molar-refractivity contribution < 1.29 is 19.7 Å². The third kappa shape index (κ3) is 5.47. The van der Waals surface area contributed by atoms with Crippen LogP contribution in [0.1, 0.15) is 50.7 Å². The second kappa shape index (κ2) is 11.0. The molecular formula is C23H32O4. The van der Waals surface area contributed by atoms with Crippen LogP contribution in [0.4, 0.5) is 0 Å². The number of unbranched alkanes of at least 4 members (excludes halogenated alkanes) is 1. The van der Waals surface area contributed by atoms with Crippen LogP contribution in [0.2, 0.25) is 0 Å². The predicted molar refractivity (Wildman–Crippen MR) is 109 cm³/mol. The lowest BCUT2D eigenvalue weighted by Crippen LogP contribution is -2.27. The average Bonchev–Trinajstić information content (AvgIpc) is 2.73. The summed E-state index contributed by atoms with van der Waals surface area (Å²) in [6.07, 6.45) is 4.38. The summed E-state index contributed by atoms with van der Waals surface area (Å²) in [5, 5.41) is 17.8. The Morgan fingerprint density at radius 1 is 0.741 bits per heavy atom.